The van der Waals surface area contributed by atoms with Crippen molar-refractivity contribution in [3.8, 4) is 0 Å². The van der Waals surface area contributed by atoms with Crippen LogP contribution >= 0.6 is 11.3 Å². The van der Waals surface area contributed by atoms with E-state index in [2.05, 4.69) is 17.2 Å². The van der Waals surface area contributed by atoms with E-state index in [9.17, 15) is 4.79 Å². The third kappa shape index (κ3) is 2.69. The fraction of sp³-hybridized carbons (Fsp3) is 0.250. The van der Waals surface area contributed by atoms with E-state index < -0.39 is 0 Å². The summed E-state index contributed by atoms with van der Waals surface area (Å²) in [4.78, 5) is 16.4. The van der Waals surface area contributed by atoms with E-state index in [1.54, 1.807) is 29.0 Å². The first-order valence-corrected chi connectivity index (χ1v) is 7.77. The molecule has 2 aromatic heterocycles. The average molecular weight is 299 g/mol. The summed E-state index contributed by atoms with van der Waals surface area (Å²) in [5.74, 6) is 0.313. The second-order valence-corrected chi connectivity index (χ2v) is 6.05. The quantitative estimate of drug-likeness (QED) is 0.804. The topological polar surface area (TPSA) is 46.9 Å². The first-order valence-electron chi connectivity index (χ1n) is 6.89. The van der Waals surface area contributed by atoms with Gasteiger partial charge in [-0.05, 0) is 6.07 Å². The molecule has 1 atom stereocenters. The molecular formula is C16H17N3OS. The van der Waals surface area contributed by atoms with Crippen LogP contribution in [0.2, 0.25) is 0 Å². The molecule has 0 amide bonds. The Morgan fingerprint density at radius 3 is 2.95 bits per heavy atom. The van der Waals surface area contributed by atoms with Gasteiger partial charge in [0.05, 0.1) is 10.5 Å². The molecule has 0 aliphatic heterocycles. The molecule has 3 aromatic rings. The Balaban J connectivity index is 1.91. The number of nitrogens with zero attached hydrogens (tertiary/aromatic N) is 2. The molecule has 1 N–H and O–H groups in total. The smallest absolute Gasteiger partial charge is 0.252 e. The summed E-state index contributed by atoms with van der Waals surface area (Å²) in [6, 6.07) is 9.60. The zero-order chi connectivity index (χ0) is 14.8. The normalized spacial score (nSPS) is 12.5. The number of hydrogen-bond donors (Lipinski definition) is 1. The van der Waals surface area contributed by atoms with Gasteiger partial charge >= 0.3 is 0 Å². The molecule has 5 heteroatoms. The molecule has 0 saturated heterocycles. The lowest BCUT2D eigenvalue weighted by atomic mass is 10.1. The maximum absolute atomic E-state index is 12.0. The first-order chi connectivity index (χ1) is 10.2. The summed E-state index contributed by atoms with van der Waals surface area (Å²) >= 11 is 1.66. The number of benzene rings is 1. The molecule has 0 fully saturated rings. The van der Waals surface area contributed by atoms with Crippen LogP contribution in [0.4, 0.5) is 5.69 Å². The van der Waals surface area contributed by atoms with Crippen LogP contribution in [0.15, 0.2) is 46.7 Å². The minimum atomic E-state index is -0.00176. The van der Waals surface area contributed by atoms with Crippen LogP contribution in [-0.2, 0) is 7.05 Å². The summed E-state index contributed by atoms with van der Waals surface area (Å²) in [7, 11) is 1.80. The van der Waals surface area contributed by atoms with Crippen molar-refractivity contribution >= 4 is 27.9 Å². The van der Waals surface area contributed by atoms with E-state index >= 15 is 0 Å². The van der Waals surface area contributed by atoms with Crippen molar-refractivity contribution in [2.75, 3.05) is 11.9 Å². The summed E-state index contributed by atoms with van der Waals surface area (Å²) < 4.78 is 1.67. The van der Waals surface area contributed by atoms with Gasteiger partial charge in [-0.25, -0.2) is 4.98 Å². The van der Waals surface area contributed by atoms with E-state index in [4.69, 9.17) is 0 Å². The summed E-state index contributed by atoms with van der Waals surface area (Å²) in [6.07, 6.45) is 1.82. The number of hydrogen-bond acceptors (Lipinski definition) is 4. The van der Waals surface area contributed by atoms with Crippen molar-refractivity contribution in [3.05, 3.63) is 57.3 Å². The van der Waals surface area contributed by atoms with Gasteiger partial charge < -0.3 is 9.88 Å². The second kappa shape index (κ2) is 5.69. The van der Waals surface area contributed by atoms with E-state index in [1.165, 1.54) is 0 Å². The minimum absolute atomic E-state index is 0.00176. The predicted octanol–water partition coefficient (Wildman–Crippen LogP) is 3.21. The van der Waals surface area contributed by atoms with E-state index in [-0.39, 0.29) is 5.56 Å². The van der Waals surface area contributed by atoms with E-state index in [0.717, 1.165) is 28.1 Å². The molecule has 0 aliphatic carbocycles. The SMILES string of the molecule is CC(CNc1cc(=O)n(C)c2ccccc12)c1nccs1. The zero-order valence-corrected chi connectivity index (χ0v) is 12.9. The van der Waals surface area contributed by atoms with Crippen molar-refractivity contribution in [3.63, 3.8) is 0 Å². The fourth-order valence-electron chi connectivity index (χ4n) is 2.39. The molecule has 0 aliphatic rings. The Labute approximate surface area is 127 Å². The highest BCUT2D eigenvalue weighted by Crippen LogP contribution is 2.23. The summed E-state index contributed by atoms with van der Waals surface area (Å²) in [6.45, 7) is 2.89. The lowest BCUT2D eigenvalue weighted by Crippen LogP contribution is -2.18. The summed E-state index contributed by atoms with van der Waals surface area (Å²) in [5.41, 5.74) is 1.82. The zero-order valence-electron chi connectivity index (χ0n) is 12.0. The highest BCUT2D eigenvalue weighted by atomic mass is 32.1. The third-order valence-corrected chi connectivity index (χ3v) is 4.63. The van der Waals surface area contributed by atoms with Crippen molar-refractivity contribution in [2.45, 2.75) is 12.8 Å². The molecule has 2 heterocycles. The number of anilines is 1. The number of para-hydroxylation sites is 1. The Morgan fingerprint density at radius 1 is 1.38 bits per heavy atom. The second-order valence-electron chi connectivity index (χ2n) is 5.12. The maximum Gasteiger partial charge on any atom is 0.252 e. The van der Waals surface area contributed by atoms with Crippen LogP contribution in [0, 0.1) is 0 Å². The summed E-state index contributed by atoms with van der Waals surface area (Å²) in [5, 5.41) is 7.55. The van der Waals surface area contributed by atoms with Crippen LogP contribution in [0.25, 0.3) is 10.9 Å². The predicted molar refractivity (Wildman–Crippen MR) is 88.2 cm³/mol. The lowest BCUT2D eigenvalue weighted by Gasteiger charge is -2.14. The molecule has 1 unspecified atom stereocenters. The highest BCUT2D eigenvalue weighted by Gasteiger charge is 2.10. The number of fused-ring (bicyclic) bond motifs is 1. The van der Waals surface area contributed by atoms with E-state index in [1.807, 2.05) is 35.8 Å². The Morgan fingerprint density at radius 2 is 2.19 bits per heavy atom. The fourth-order valence-corrected chi connectivity index (χ4v) is 3.08. The van der Waals surface area contributed by atoms with Crippen LogP contribution in [0.5, 0.6) is 0 Å². The molecule has 4 nitrogen and oxygen atoms in total. The van der Waals surface area contributed by atoms with Gasteiger partial charge in [0.15, 0.2) is 0 Å². The van der Waals surface area contributed by atoms with Crippen LogP contribution in [0.3, 0.4) is 0 Å². The van der Waals surface area contributed by atoms with Crippen molar-refractivity contribution < 1.29 is 0 Å². The minimum Gasteiger partial charge on any atom is -0.384 e. The molecule has 108 valence electrons. The molecular weight excluding hydrogens is 282 g/mol. The molecule has 0 spiro atoms. The molecule has 0 bridgehead atoms. The highest BCUT2D eigenvalue weighted by molar-refractivity contribution is 7.09. The van der Waals surface area contributed by atoms with Crippen molar-refractivity contribution in [2.24, 2.45) is 7.05 Å². The molecule has 3 rings (SSSR count). The van der Waals surface area contributed by atoms with Gasteiger partial charge in [-0.3, -0.25) is 4.79 Å². The maximum atomic E-state index is 12.0. The number of nitrogens with one attached hydrogen (secondary N) is 1. The van der Waals surface area contributed by atoms with Crippen LogP contribution in [0.1, 0.15) is 17.8 Å². The number of pyridine rings is 1. The van der Waals surface area contributed by atoms with Crippen molar-refractivity contribution in [1.82, 2.24) is 9.55 Å². The van der Waals surface area contributed by atoms with Crippen molar-refractivity contribution in [1.29, 1.82) is 0 Å². The van der Waals surface area contributed by atoms with Gasteiger partial charge in [0.1, 0.15) is 0 Å². The number of rotatable bonds is 4. The Bertz CT molecular complexity index is 808. The molecule has 1 aromatic carbocycles. The monoisotopic (exact) mass is 299 g/mol. The number of aromatic nitrogens is 2. The number of aryl methyl sites for hydroxylation is 1. The largest absolute Gasteiger partial charge is 0.384 e. The molecule has 21 heavy (non-hydrogen) atoms. The Kier molecular flexibility index (Phi) is 3.75. The average Bonchev–Trinajstić information content (AvgIpc) is 3.03. The van der Waals surface area contributed by atoms with E-state index in [0.29, 0.717) is 5.92 Å². The van der Waals surface area contributed by atoms with Gasteiger partial charge in [-0.1, -0.05) is 25.1 Å². The third-order valence-electron chi connectivity index (χ3n) is 3.63. The van der Waals surface area contributed by atoms with Gasteiger partial charge in [0, 0.05) is 48.2 Å². The molecule has 0 saturated carbocycles. The first kappa shape index (κ1) is 13.8. The van der Waals surface area contributed by atoms with Gasteiger partial charge in [-0.15, -0.1) is 11.3 Å². The van der Waals surface area contributed by atoms with Gasteiger partial charge in [-0.2, -0.15) is 0 Å². The van der Waals surface area contributed by atoms with Gasteiger partial charge in [0.25, 0.3) is 5.56 Å². The van der Waals surface area contributed by atoms with Crippen LogP contribution < -0.4 is 10.9 Å². The van der Waals surface area contributed by atoms with Gasteiger partial charge in [0.2, 0.25) is 0 Å². The molecule has 0 radical (unpaired) electrons. The Hall–Kier alpha value is -2.14. The lowest BCUT2D eigenvalue weighted by molar-refractivity contribution is 0.794. The van der Waals surface area contributed by atoms with Crippen LogP contribution in [-0.4, -0.2) is 16.1 Å². The number of thiazole rings is 1. The standard InChI is InChI=1S/C16H17N3OS/c1-11(16-17-7-8-21-16)10-18-13-9-15(20)19(2)14-6-4-3-5-12(13)14/h3-9,11,18H,10H2,1-2H3.